The van der Waals surface area contributed by atoms with Crippen LogP contribution in [0.2, 0.25) is 0 Å². The van der Waals surface area contributed by atoms with Gasteiger partial charge in [-0.2, -0.15) is 0 Å². The normalized spacial score (nSPS) is 10.8. The summed E-state index contributed by atoms with van der Waals surface area (Å²) >= 11 is 3.38. The van der Waals surface area contributed by atoms with E-state index in [9.17, 15) is 4.79 Å². The van der Waals surface area contributed by atoms with E-state index >= 15 is 0 Å². The third-order valence-electron chi connectivity index (χ3n) is 3.06. The molecule has 0 aliphatic rings. The van der Waals surface area contributed by atoms with E-state index < -0.39 is 0 Å². The molecule has 2 aromatic carbocycles. The van der Waals surface area contributed by atoms with Crippen molar-refractivity contribution in [1.29, 1.82) is 0 Å². The summed E-state index contributed by atoms with van der Waals surface area (Å²) < 4.78 is 6.42. The molecule has 0 amide bonds. The summed E-state index contributed by atoms with van der Waals surface area (Å²) in [6.07, 6.45) is 1.54. The molecule has 3 heteroatoms. The zero-order valence-electron chi connectivity index (χ0n) is 10.3. The van der Waals surface area contributed by atoms with Crippen LogP contribution in [0.25, 0.3) is 22.1 Å². The standard InChI is InChI=1S/C16H11BrO2/c1-10-3-2-4-11(7-10)14-9-19-15-6-5-12(17)8-13(15)16(14)18/h2-9H,1H3. The second kappa shape index (κ2) is 4.67. The monoisotopic (exact) mass is 314 g/mol. The summed E-state index contributed by atoms with van der Waals surface area (Å²) in [5.74, 6) is 0. The van der Waals surface area contributed by atoms with Crippen molar-refractivity contribution in [2.45, 2.75) is 6.92 Å². The molecule has 0 saturated heterocycles. The van der Waals surface area contributed by atoms with E-state index in [1.165, 1.54) is 6.26 Å². The largest absolute Gasteiger partial charge is 0.463 e. The average molecular weight is 315 g/mol. The van der Waals surface area contributed by atoms with Gasteiger partial charge in [0.05, 0.1) is 10.9 Å². The lowest BCUT2D eigenvalue weighted by Crippen LogP contribution is -2.04. The lowest BCUT2D eigenvalue weighted by molar-refractivity contribution is 0.604. The lowest BCUT2D eigenvalue weighted by atomic mass is 10.0. The molecule has 3 aromatic rings. The predicted molar refractivity (Wildman–Crippen MR) is 80.4 cm³/mol. The zero-order valence-corrected chi connectivity index (χ0v) is 11.9. The maximum absolute atomic E-state index is 12.5. The maximum Gasteiger partial charge on any atom is 0.200 e. The van der Waals surface area contributed by atoms with Crippen molar-refractivity contribution >= 4 is 26.9 Å². The van der Waals surface area contributed by atoms with Crippen molar-refractivity contribution in [1.82, 2.24) is 0 Å². The van der Waals surface area contributed by atoms with Gasteiger partial charge in [-0.05, 0) is 30.7 Å². The third kappa shape index (κ3) is 2.22. The molecular weight excluding hydrogens is 304 g/mol. The number of halogens is 1. The minimum atomic E-state index is -0.00634. The highest BCUT2D eigenvalue weighted by Crippen LogP contribution is 2.22. The van der Waals surface area contributed by atoms with E-state index in [0.717, 1.165) is 15.6 Å². The summed E-state index contributed by atoms with van der Waals surface area (Å²) in [6.45, 7) is 2.00. The Labute approximate surface area is 118 Å². The van der Waals surface area contributed by atoms with E-state index in [-0.39, 0.29) is 5.43 Å². The molecule has 0 aliphatic carbocycles. The molecule has 1 heterocycles. The van der Waals surface area contributed by atoms with Crippen molar-refractivity contribution < 1.29 is 4.42 Å². The Morgan fingerprint density at radius 3 is 2.74 bits per heavy atom. The van der Waals surface area contributed by atoms with E-state index in [4.69, 9.17) is 4.42 Å². The van der Waals surface area contributed by atoms with E-state index in [1.54, 1.807) is 12.1 Å². The van der Waals surface area contributed by atoms with Crippen LogP contribution in [0.4, 0.5) is 0 Å². The van der Waals surface area contributed by atoms with Crippen molar-refractivity contribution in [2.75, 3.05) is 0 Å². The van der Waals surface area contributed by atoms with Gasteiger partial charge in [0.1, 0.15) is 11.8 Å². The Kier molecular flexibility index (Phi) is 2.99. The molecule has 0 radical (unpaired) electrons. The van der Waals surface area contributed by atoms with Gasteiger partial charge in [-0.25, -0.2) is 0 Å². The minimum absolute atomic E-state index is 0.00634. The first-order valence-electron chi connectivity index (χ1n) is 5.93. The van der Waals surface area contributed by atoms with Gasteiger partial charge in [-0.1, -0.05) is 45.8 Å². The van der Waals surface area contributed by atoms with Gasteiger partial charge in [0, 0.05) is 4.47 Å². The maximum atomic E-state index is 12.5. The van der Waals surface area contributed by atoms with Gasteiger partial charge in [-0.15, -0.1) is 0 Å². The number of benzene rings is 2. The van der Waals surface area contributed by atoms with Crippen LogP contribution in [0.15, 0.2) is 62.4 Å². The minimum Gasteiger partial charge on any atom is -0.463 e. The Hall–Kier alpha value is -1.87. The topological polar surface area (TPSA) is 30.2 Å². The summed E-state index contributed by atoms with van der Waals surface area (Å²) in [5, 5.41) is 0.591. The second-order valence-electron chi connectivity index (χ2n) is 4.49. The molecule has 3 rings (SSSR count). The molecule has 0 fully saturated rings. The molecule has 0 bridgehead atoms. The predicted octanol–water partition coefficient (Wildman–Crippen LogP) is 4.53. The first-order chi connectivity index (χ1) is 9.15. The fraction of sp³-hybridized carbons (Fsp3) is 0.0625. The van der Waals surface area contributed by atoms with Crippen LogP contribution >= 0.6 is 15.9 Å². The molecule has 2 nitrogen and oxygen atoms in total. The van der Waals surface area contributed by atoms with E-state index in [0.29, 0.717) is 16.5 Å². The highest BCUT2D eigenvalue weighted by atomic mass is 79.9. The first kappa shape index (κ1) is 12.2. The SMILES string of the molecule is Cc1cccc(-c2coc3ccc(Br)cc3c2=O)c1. The van der Waals surface area contributed by atoms with Crippen LogP contribution in [0.1, 0.15) is 5.56 Å². The number of hydrogen-bond donors (Lipinski definition) is 0. The van der Waals surface area contributed by atoms with Gasteiger partial charge in [0.2, 0.25) is 5.43 Å². The molecule has 0 spiro atoms. The summed E-state index contributed by atoms with van der Waals surface area (Å²) in [4.78, 5) is 12.5. The first-order valence-corrected chi connectivity index (χ1v) is 6.72. The van der Waals surface area contributed by atoms with E-state index in [2.05, 4.69) is 15.9 Å². The Bertz CT molecular complexity index is 818. The molecule has 0 aliphatic heterocycles. The van der Waals surface area contributed by atoms with Crippen LogP contribution in [-0.4, -0.2) is 0 Å². The fourth-order valence-corrected chi connectivity index (χ4v) is 2.48. The van der Waals surface area contributed by atoms with Gasteiger partial charge in [-0.3, -0.25) is 4.79 Å². The van der Waals surface area contributed by atoms with Crippen molar-refractivity contribution in [3.05, 3.63) is 69.0 Å². The number of fused-ring (bicyclic) bond motifs is 1. The average Bonchev–Trinajstić information content (AvgIpc) is 2.40. The van der Waals surface area contributed by atoms with Gasteiger partial charge in [0.15, 0.2) is 0 Å². The summed E-state index contributed by atoms with van der Waals surface area (Å²) in [6, 6.07) is 13.3. The van der Waals surface area contributed by atoms with Gasteiger partial charge in [0.25, 0.3) is 0 Å². The molecule has 94 valence electrons. The van der Waals surface area contributed by atoms with Gasteiger partial charge >= 0.3 is 0 Å². The Morgan fingerprint density at radius 1 is 1.11 bits per heavy atom. The van der Waals surface area contributed by atoms with E-state index in [1.807, 2.05) is 37.3 Å². The number of hydrogen-bond acceptors (Lipinski definition) is 2. The summed E-state index contributed by atoms with van der Waals surface area (Å²) in [5.41, 5.74) is 3.19. The van der Waals surface area contributed by atoms with Crippen LogP contribution in [-0.2, 0) is 0 Å². The number of aryl methyl sites for hydroxylation is 1. The molecule has 1 aromatic heterocycles. The van der Waals surface area contributed by atoms with Crippen LogP contribution in [0.3, 0.4) is 0 Å². The lowest BCUT2D eigenvalue weighted by Gasteiger charge is -2.04. The Morgan fingerprint density at radius 2 is 1.95 bits per heavy atom. The van der Waals surface area contributed by atoms with Gasteiger partial charge < -0.3 is 4.42 Å². The van der Waals surface area contributed by atoms with Crippen LogP contribution in [0.5, 0.6) is 0 Å². The summed E-state index contributed by atoms with van der Waals surface area (Å²) in [7, 11) is 0. The zero-order chi connectivity index (χ0) is 13.4. The Balaban J connectivity index is 2.31. The van der Waals surface area contributed by atoms with Crippen LogP contribution in [0, 0.1) is 6.92 Å². The van der Waals surface area contributed by atoms with Crippen molar-refractivity contribution in [2.24, 2.45) is 0 Å². The highest BCUT2D eigenvalue weighted by molar-refractivity contribution is 9.10. The molecule has 0 N–H and O–H groups in total. The molecule has 0 saturated carbocycles. The quantitative estimate of drug-likeness (QED) is 0.660. The molecule has 0 atom stereocenters. The fourth-order valence-electron chi connectivity index (χ4n) is 2.12. The number of rotatable bonds is 1. The smallest absolute Gasteiger partial charge is 0.200 e. The second-order valence-corrected chi connectivity index (χ2v) is 5.40. The molecule has 19 heavy (non-hydrogen) atoms. The van der Waals surface area contributed by atoms with Crippen LogP contribution < -0.4 is 5.43 Å². The molecule has 0 unspecified atom stereocenters. The van der Waals surface area contributed by atoms with Crippen molar-refractivity contribution in [3.63, 3.8) is 0 Å². The molecular formula is C16H11BrO2. The highest BCUT2D eigenvalue weighted by Gasteiger charge is 2.09. The third-order valence-corrected chi connectivity index (χ3v) is 3.56. The van der Waals surface area contributed by atoms with Crippen molar-refractivity contribution in [3.8, 4) is 11.1 Å².